The predicted molar refractivity (Wildman–Crippen MR) is 234 cm³/mol. The van der Waals surface area contributed by atoms with Gasteiger partial charge in [-0.2, -0.15) is 0 Å². The summed E-state index contributed by atoms with van der Waals surface area (Å²) in [4.78, 5) is 4.83. The molecule has 0 aromatic heterocycles. The van der Waals surface area contributed by atoms with Crippen molar-refractivity contribution in [3.05, 3.63) is 205 Å². The predicted octanol–water partition coefficient (Wildman–Crippen LogP) is 15.0. The lowest BCUT2D eigenvalue weighted by Crippen LogP contribution is -2.33. The summed E-state index contributed by atoms with van der Waals surface area (Å²) in [5.41, 5.74) is 13.8. The topological polar surface area (TPSA) is 15.7 Å². The second-order valence-corrected chi connectivity index (χ2v) is 15.4. The van der Waals surface area contributed by atoms with Crippen LogP contribution in [0.25, 0.3) is 43.8 Å². The fourth-order valence-electron chi connectivity index (χ4n) is 9.10. The molecular weight excluding hydrogens is 681 g/mol. The van der Waals surface area contributed by atoms with E-state index in [-0.39, 0.29) is 5.41 Å². The van der Waals surface area contributed by atoms with Gasteiger partial charge in [-0.3, -0.25) is 0 Å². The van der Waals surface area contributed by atoms with Gasteiger partial charge in [-0.05, 0) is 104 Å². The van der Waals surface area contributed by atoms with Crippen molar-refractivity contribution in [1.29, 1.82) is 0 Å². The van der Waals surface area contributed by atoms with Gasteiger partial charge < -0.3 is 14.5 Å². The molecule has 0 radical (unpaired) electrons. The fourth-order valence-corrected chi connectivity index (χ4v) is 9.10. The number of anilines is 6. The van der Waals surface area contributed by atoms with Crippen molar-refractivity contribution in [2.24, 2.45) is 0 Å². The van der Waals surface area contributed by atoms with Gasteiger partial charge in [0, 0.05) is 27.9 Å². The fraction of sp³-hybridized carbons (Fsp3) is 0.0566. The van der Waals surface area contributed by atoms with Crippen molar-refractivity contribution in [3.63, 3.8) is 0 Å². The Morgan fingerprint density at radius 3 is 1.84 bits per heavy atom. The normalized spacial score (nSPS) is 13.4. The van der Waals surface area contributed by atoms with Crippen LogP contribution in [0.1, 0.15) is 25.0 Å². The van der Waals surface area contributed by atoms with Gasteiger partial charge in [0.15, 0.2) is 11.5 Å². The molecule has 2 heterocycles. The first-order chi connectivity index (χ1) is 27.5. The van der Waals surface area contributed by atoms with E-state index in [0.717, 1.165) is 39.9 Å². The molecule has 56 heavy (non-hydrogen) atoms. The molecule has 0 N–H and O–H groups in total. The van der Waals surface area contributed by atoms with Gasteiger partial charge in [-0.1, -0.05) is 153 Å². The van der Waals surface area contributed by atoms with E-state index in [0.29, 0.717) is 0 Å². The van der Waals surface area contributed by atoms with Gasteiger partial charge in [-0.25, -0.2) is 0 Å². The highest BCUT2D eigenvalue weighted by Gasteiger charge is 2.43. The van der Waals surface area contributed by atoms with Crippen LogP contribution < -0.4 is 14.5 Å². The molecule has 0 fully saturated rings. The maximum Gasteiger partial charge on any atom is 0.152 e. The molecule has 266 valence electrons. The van der Waals surface area contributed by atoms with Crippen molar-refractivity contribution in [1.82, 2.24) is 0 Å². The molecule has 11 rings (SSSR count). The van der Waals surface area contributed by atoms with Gasteiger partial charge in [0.2, 0.25) is 0 Å². The summed E-state index contributed by atoms with van der Waals surface area (Å²) in [6, 6.07) is 70.1. The largest absolute Gasteiger partial charge is 0.453 e. The minimum absolute atomic E-state index is 0.296. The zero-order valence-corrected chi connectivity index (χ0v) is 31.3. The quantitative estimate of drug-likeness (QED) is 0.176. The van der Waals surface area contributed by atoms with E-state index >= 15 is 0 Å². The van der Waals surface area contributed by atoms with Crippen LogP contribution in [0, 0.1) is 0 Å². The van der Waals surface area contributed by atoms with E-state index in [1.165, 1.54) is 60.6 Å². The number of para-hydroxylation sites is 1. The number of nitrogens with zero attached hydrogens (tertiary/aromatic N) is 2. The average molecular weight is 719 g/mol. The summed E-state index contributed by atoms with van der Waals surface area (Å²) in [5, 5.41) is 4.81. The van der Waals surface area contributed by atoms with E-state index in [4.69, 9.17) is 4.74 Å². The molecule has 0 saturated carbocycles. The third-order valence-corrected chi connectivity index (χ3v) is 11.8. The van der Waals surface area contributed by atoms with Gasteiger partial charge in [0.25, 0.3) is 0 Å². The lowest BCUT2D eigenvalue weighted by molar-refractivity contribution is 0.472. The first kappa shape index (κ1) is 32.3. The number of fused-ring (bicyclic) bond motifs is 7. The summed E-state index contributed by atoms with van der Waals surface area (Å²) < 4.78 is 6.67. The van der Waals surface area contributed by atoms with E-state index < -0.39 is 0 Å². The highest BCUT2D eigenvalue weighted by molar-refractivity contribution is 6.06. The second kappa shape index (κ2) is 12.5. The molecule has 0 saturated heterocycles. The van der Waals surface area contributed by atoms with Gasteiger partial charge in [0.05, 0.1) is 17.1 Å². The molecule has 0 aliphatic carbocycles. The van der Waals surface area contributed by atoms with Crippen LogP contribution >= 0.6 is 0 Å². The van der Waals surface area contributed by atoms with Crippen molar-refractivity contribution in [2.75, 3.05) is 9.80 Å². The lowest BCUT2D eigenvalue weighted by atomic mass is 9.70. The molecule has 2 aliphatic rings. The van der Waals surface area contributed by atoms with E-state index in [1.807, 2.05) is 0 Å². The van der Waals surface area contributed by atoms with Crippen LogP contribution in [0.4, 0.5) is 34.1 Å². The van der Waals surface area contributed by atoms with E-state index in [1.54, 1.807) is 0 Å². The molecule has 9 aromatic carbocycles. The molecule has 0 unspecified atom stereocenters. The first-order valence-electron chi connectivity index (χ1n) is 19.3. The second-order valence-electron chi connectivity index (χ2n) is 15.4. The minimum atomic E-state index is -0.296. The molecule has 0 amide bonds. The zero-order chi connectivity index (χ0) is 37.4. The van der Waals surface area contributed by atoms with Crippen LogP contribution in [0.15, 0.2) is 194 Å². The third-order valence-electron chi connectivity index (χ3n) is 11.8. The maximum absolute atomic E-state index is 6.67. The number of rotatable bonds is 5. The third kappa shape index (κ3) is 4.98. The zero-order valence-electron chi connectivity index (χ0n) is 31.3. The van der Waals surface area contributed by atoms with Crippen molar-refractivity contribution in [3.8, 4) is 33.8 Å². The Balaban J connectivity index is 1.05. The van der Waals surface area contributed by atoms with Crippen LogP contribution in [0.5, 0.6) is 11.5 Å². The lowest BCUT2D eigenvalue weighted by Gasteiger charge is -2.46. The SMILES string of the molecule is CC1(C)c2cccc3c2N(c2cccc(-c4ccc(N(c5ccc(-c6ccccc6)cc5)c5ccc6ccccc6c5)cc4)c21)c1c(ccc2ccccc12)O3. The van der Waals surface area contributed by atoms with Crippen molar-refractivity contribution < 1.29 is 4.74 Å². The Morgan fingerprint density at radius 2 is 1.05 bits per heavy atom. The molecule has 2 aliphatic heterocycles. The van der Waals surface area contributed by atoms with E-state index in [2.05, 4.69) is 218 Å². The van der Waals surface area contributed by atoms with Crippen molar-refractivity contribution >= 4 is 55.7 Å². The molecule has 0 spiro atoms. The molecule has 3 heteroatoms. The van der Waals surface area contributed by atoms with Crippen LogP contribution in [0.2, 0.25) is 0 Å². The molecule has 0 atom stereocenters. The Kier molecular flexibility index (Phi) is 7.20. The minimum Gasteiger partial charge on any atom is -0.453 e. The summed E-state index contributed by atoms with van der Waals surface area (Å²) in [6.07, 6.45) is 0. The molecule has 0 bridgehead atoms. The summed E-state index contributed by atoms with van der Waals surface area (Å²) in [6.45, 7) is 4.71. The average Bonchev–Trinajstić information content (AvgIpc) is 3.25. The number of hydrogen-bond acceptors (Lipinski definition) is 3. The van der Waals surface area contributed by atoms with Crippen molar-refractivity contribution in [2.45, 2.75) is 19.3 Å². The Hall–Kier alpha value is -7.10. The Labute approximate surface area is 327 Å². The standard InChI is InChI=1S/C53H38N2O/c1-53(2)46-19-11-21-48-52(46)55(51-45-17-9-8-15-38(45)27-33-49(51)56-48)47-20-10-18-44(50(47)53)39-25-30-42(31-26-39)54(43-32-24-36-14-6-7-16-40(36)34-43)41-28-22-37(23-29-41)35-12-4-3-5-13-35/h3-34H,1-2H3. The van der Waals surface area contributed by atoms with Crippen LogP contribution in [-0.2, 0) is 5.41 Å². The van der Waals surface area contributed by atoms with Crippen LogP contribution in [-0.4, -0.2) is 0 Å². The van der Waals surface area contributed by atoms with Gasteiger partial charge in [0.1, 0.15) is 0 Å². The molecular formula is C53H38N2O. The number of ether oxygens (including phenoxy) is 1. The van der Waals surface area contributed by atoms with E-state index in [9.17, 15) is 0 Å². The smallest absolute Gasteiger partial charge is 0.152 e. The highest BCUT2D eigenvalue weighted by Crippen LogP contribution is 2.62. The number of benzene rings is 9. The monoisotopic (exact) mass is 718 g/mol. The number of hydrogen-bond donors (Lipinski definition) is 0. The maximum atomic E-state index is 6.67. The van der Waals surface area contributed by atoms with Gasteiger partial charge in [-0.15, -0.1) is 0 Å². The van der Waals surface area contributed by atoms with Gasteiger partial charge >= 0.3 is 0 Å². The summed E-state index contributed by atoms with van der Waals surface area (Å²) >= 11 is 0. The highest BCUT2D eigenvalue weighted by atomic mass is 16.5. The first-order valence-corrected chi connectivity index (χ1v) is 19.3. The Bertz CT molecular complexity index is 2970. The molecule has 3 nitrogen and oxygen atoms in total. The van der Waals surface area contributed by atoms with Crippen LogP contribution in [0.3, 0.4) is 0 Å². The Morgan fingerprint density at radius 1 is 0.446 bits per heavy atom. The molecule has 9 aromatic rings. The summed E-state index contributed by atoms with van der Waals surface area (Å²) in [5.74, 6) is 1.77. The summed E-state index contributed by atoms with van der Waals surface area (Å²) in [7, 11) is 0.